The fraction of sp³-hybridized carbons (Fsp3) is 0.211. The maximum absolute atomic E-state index is 12.4. The van der Waals surface area contributed by atoms with Crippen molar-refractivity contribution in [2.45, 2.75) is 19.0 Å². The molecule has 1 atom stereocenters. The van der Waals surface area contributed by atoms with Gasteiger partial charge in [-0.2, -0.15) is 0 Å². The Morgan fingerprint density at radius 3 is 2.92 bits per heavy atom. The Bertz CT molecular complexity index is 996. The van der Waals surface area contributed by atoms with Crippen molar-refractivity contribution in [3.05, 3.63) is 70.6 Å². The summed E-state index contributed by atoms with van der Waals surface area (Å²) in [6, 6.07) is 15.0. The number of hydrogen-bond donors (Lipinski definition) is 1. The van der Waals surface area contributed by atoms with E-state index in [9.17, 15) is 9.59 Å². The number of nitrogens with one attached hydrogen (secondary N) is 1. The number of rotatable bonds is 3. The molecule has 4 rings (SSSR count). The molecule has 6 heteroatoms. The molecule has 0 spiro atoms. The van der Waals surface area contributed by atoms with E-state index in [2.05, 4.69) is 10.3 Å². The summed E-state index contributed by atoms with van der Waals surface area (Å²) in [6.07, 6.45) is 1.96. The molecule has 1 aliphatic heterocycles. The van der Waals surface area contributed by atoms with Crippen LogP contribution in [0.15, 0.2) is 59.5 Å². The Labute approximate surface area is 144 Å². The van der Waals surface area contributed by atoms with Crippen molar-refractivity contribution < 1.29 is 9.53 Å². The highest BCUT2D eigenvalue weighted by molar-refractivity contribution is 5.80. The summed E-state index contributed by atoms with van der Waals surface area (Å²) in [5.74, 6) is 0.649. The first-order chi connectivity index (χ1) is 12.2. The Morgan fingerprint density at radius 1 is 1.20 bits per heavy atom. The quantitative estimate of drug-likeness (QED) is 0.787. The van der Waals surface area contributed by atoms with Gasteiger partial charge in [-0.1, -0.05) is 30.3 Å². The van der Waals surface area contributed by atoms with Crippen molar-refractivity contribution in [3.8, 4) is 5.75 Å². The zero-order valence-corrected chi connectivity index (χ0v) is 13.5. The largest absolute Gasteiger partial charge is 0.491 e. The third-order valence-corrected chi connectivity index (χ3v) is 4.30. The molecule has 2 heterocycles. The fourth-order valence-electron chi connectivity index (χ4n) is 3.12. The molecule has 0 bridgehead atoms. The number of benzene rings is 2. The molecule has 1 aromatic heterocycles. The smallest absolute Gasteiger partial charge is 0.269 e. The highest BCUT2D eigenvalue weighted by Crippen LogP contribution is 2.23. The summed E-state index contributed by atoms with van der Waals surface area (Å²) in [4.78, 5) is 28.7. The maximum Gasteiger partial charge on any atom is 0.269 e. The van der Waals surface area contributed by atoms with Gasteiger partial charge < -0.3 is 10.1 Å². The molecule has 126 valence electrons. The number of nitrogens with zero attached hydrogens (tertiary/aromatic N) is 2. The van der Waals surface area contributed by atoms with E-state index in [0.29, 0.717) is 24.1 Å². The summed E-state index contributed by atoms with van der Waals surface area (Å²) >= 11 is 0. The predicted molar refractivity (Wildman–Crippen MR) is 93.6 cm³/mol. The van der Waals surface area contributed by atoms with Crippen LogP contribution in [0.1, 0.15) is 5.56 Å². The first-order valence-electron chi connectivity index (χ1n) is 8.15. The molecule has 0 fully saturated rings. The van der Waals surface area contributed by atoms with E-state index < -0.39 is 0 Å². The average Bonchev–Trinajstić information content (AvgIpc) is 2.64. The first-order valence-corrected chi connectivity index (χ1v) is 8.15. The van der Waals surface area contributed by atoms with E-state index in [4.69, 9.17) is 4.74 Å². The predicted octanol–water partition coefficient (Wildman–Crippen LogP) is 1.52. The molecule has 0 radical (unpaired) electrons. The normalized spacial score (nSPS) is 16.1. The van der Waals surface area contributed by atoms with E-state index in [1.54, 1.807) is 6.07 Å². The van der Waals surface area contributed by atoms with Crippen LogP contribution in [0.5, 0.6) is 5.75 Å². The zero-order chi connectivity index (χ0) is 17.2. The molecule has 1 aliphatic rings. The lowest BCUT2D eigenvalue weighted by molar-refractivity contribution is -0.122. The first kappa shape index (κ1) is 15.4. The summed E-state index contributed by atoms with van der Waals surface area (Å²) in [5, 5.41) is 2.96. The van der Waals surface area contributed by atoms with Gasteiger partial charge in [0.2, 0.25) is 5.91 Å². The number of carbonyl (C=O) groups is 1. The molecule has 0 aliphatic carbocycles. The van der Waals surface area contributed by atoms with Gasteiger partial charge in [0.15, 0.2) is 0 Å². The third kappa shape index (κ3) is 3.10. The van der Waals surface area contributed by atoms with Crippen LogP contribution >= 0.6 is 0 Å². The minimum atomic E-state index is -0.293. The maximum atomic E-state index is 12.4. The highest BCUT2D eigenvalue weighted by atomic mass is 16.5. The standard InChI is InChI=1S/C19H17N3O3/c23-18(21-14-9-13-5-1-4-8-17(13)25-12-14)11-22-16-7-3-2-6-15(16)20-10-19(22)24/h1-8,10,14H,9,11-12H2,(H,21,23)/t14-/m1/s1. The van der Waals surface area contributed by atoms with Crippen LogP contribution in [0.2, 0.25) is 0 Å². The van der Waals surface area contributed by atoms with Crippen molar-refractivity contribution in [3.63, 3.8) is 0 Å². The number of amides is 1. The van der Waals surface area contributed by atoms with E-state index in [1.165, 1.54) is 10.8 Å². The van der Waals surface area contributed by atoms with Crippen LogP contribution in [0.25, 0.3) is 11.0 Å². The van der Waals surface area contributed by atoms with Crippen molar-refractivity contribution in [2.75, 3.05) is 6.61 Å². The third-order valence-electron chi connectivity index (χ3n) is 4.30. The molecule has 0 saturated carbocycles. The number of carbonyl (C=O) groups excluding carboxylic acids is 1. The summed E-state index contributed by atoms with van der Waals surface area (Å²) in [5.41, 5.74) is 2.12. The lowest BCUT2D eigenvalue weighted by atomic mass is 10.0. The molecule has 3 aromatic rings. The Hall–Kier alpha value is -3.15. The zero-order valence-electron chi connectivity index (χ0n) is 13.5. The van der Waals surface area contributed by atoms with Gasteiger partial charge >= 0.3 is 0 Å². The van der Waals surface area contributed by atoms with Crippen LogP contribution in [0.4, 0.5) is 0 Å². The highest BCUT2D eigenvalue weighted by Gasteiger charge is 2.21. The van der Waals surface area contributed by atoms with Gasteiger partial charge in [-0.3, -0.25) is 14.2 Å². The van der Waals surface area contributed by atoms with E-state index in [-0.39, 0.29) is 24.1 Å². The van der Waals surface area contributed by atoms with Crippen LogP contribution in [-0.2, 0) is 17.8 Å². The van der Waals surface area contributed by atoms with E-state index >= 15 is 0 Å². The van der Waals surface area contributed by atoms with E-state index in [0.717, 1.165) is 11.3 Å². The monoisotopic (exact) mass is 335 g/mol. The number of para-hydroxylation sites is 3. The minimum absolute atomic E-state index is 0.0417. The van der Waals surface area contributed by atoms with E-state index in [1.807, 2.05) is 42.5 Å². The van der Waals surface area contributed by atoms with Gasteiger partial charge in [-0.25, -0.2) is 4.98 Å². The number of hydrogen-bond acceptors (Lipinski definition) is 4. The van der Waals surface area contributed by atoms with Gasteiger partial charge in [-0.15, -0.1) is 0 Å². The van der Waals surface area contributed by atoms with Gasteiger partial charge in [0, 0.05) is 0 Å². The number of fused-ring (bicyclic) bond motifs is 2. The molecule has 25 heavy (non-hydrogen) atoms. The molecular weight excluding hydrogens is 318 g/mol. The average molecular weight is 335 g/mol. The van der Waals surface area contributed by atoms with Gasteiger partial charge in [0.25, 0.3) is 5.56 Å². The second-order valence-corrected chi connectivity index (χ2v) is 6.06. The van der Waals surface area contributed by atoms with Crippen molar-refractivity contribution >= 4 is 16.9 Å². The number of aromatic nitrogens is 2. The summed E-state index contributed by atoms with van der Waals surface area (Å²) < 4.78 is 7.13. The van der Waals surface area contributed by atoms with Gasteiger partial charge in [0.1, 0.15) is 18.9 Å². The van der Waals surface area contributed by atoms with Crippen LogP contribution in [0, 0.1) is 0 Å². The molecule has 0 unspecified atom stereocenters. The van der Waals surface area contributed by atoms with Gasteiger partial charge in [-0.05, 0) is 30.2 Å². The Balaban J connectivity index is 1.50. The Morgan fingerprint density at radius 2 is 2.00 bits per heavy atom. The second-order valence-electron chi connectivity index (χ2n) is 6.06. The summed E-state index contributed by atoms with van der Waals surface area (Å²) in [7, 11) is 0. The number of ether oxygens (including phenoxy) is 1. The molecule has 2 aromatic carbocycles. The van der Waals surface area contributed by atoms with Gasteiger partial charge in [0.05, 0.1) is 23.3 Å². The fourth-order valence-corrected chi connectivity index (χ4v) is 3.12. The van der Waals surface area contributed by atoms with Crippen molar-refractivity contribution in [1.29, 1.82) is 0 Å². The molecule has 1 N–H and O–H groups in total. The van der Waals surface area contributed by atoms with Crippen LogP contribution in [0.3, 0.4) is 0 Å². The lowest BCUT2D eigenvalue weighted by Gasteiger charge is -2.26. The van der Waals surface area contributed by atoms with Crippen molar-refractivity contribution in [2.24, 2.45) is 0 Å². The molecule has 0 saturated heterocycles. The Kier molecular flexibility index (Phi) is 3.93. The second kappa shape index (κ2) is 6.39. The van der Waals surface area contributed by atoms with Crippen LogP contribution in [-0.4, -0.2) is 28.1 Å². The molecule has 1 amide bonds. The summed E-state index contributed by atoms with van der Waals surface area (Å²) in [6.45, 7) is 0.384. The minimum Gasteiger partial charge on any atom is -0.491 e. The molecular formula is C19H17N3O3. The van der Waals surface area contributed by atoms with Crippen LogP contribution < -0.4 is 15.6 Å². The lowest BCUT2D eigenvalue weighted by Crippen LogP contribution is -2.44. The molecule has 6 nitrogen and oxygen atoms in total. The SMILES string of the molecule is O=C(Cn1c(=O)cnc2ccccc21)N[C@H]1COc2ccccc2C1. The van der Waals surface area contributed by atoms with Crippen molar-refractivity contribution in [1.82, 2.24) is 14.9 Å². The topological polar surface area (TPSA) is 73.2 Å².